The predicted octanol–water partition coefficient (Wildman–Crippen LogP) is 3.40. The first-order valence-corrected chi connectivity index (χ1v) is 6.44. The third-order valence-electron chi connectivity index (χ3n) is 2.55. The molecule has 0 spiro atoms. The minimum Gasteiger partial charge on any atom is -0.384 e. The van der Waals surface area contributed by atoms with Gasteiger partial charge >= 0.3 is 0 Å². The van der Waals surface area contributed by atoms with Gasteiger partial charge in [0.2, 0.25) is 0 Å². The van der Waals surface area contributed by atoms with Crippen LogP contribution in [-0.2, 0) is 6.54 Å². The van der Waals surface area contributed by atoms with E-state index in [-0.39, 0.29) is 0 Å². The molecule has 0 fully saturated rings. The van der Waals surface area contributed by atoms with Crippen LogP contribution in [0.2, 0.25) is 5.02 Å². The van der Waals surface area contributed by atoms with Gasteiger partial charge in [0.05, 0.1) is 11.2 Å². The summed E-state index contributed by atoms with van der Waals surface area (Å²) in [6, 6.07) is 5.38. The normalized spacial score (nSPS) is 12.7. The smallest absolute Gasteiger partial charge is 0.107 e. The zero-order valence-electron chi connectivity index (χ0n) is 9.27. The molecule has 2 rings (SSSR count). The Labute approximate surface area is 113 Å². The van der Waals surface area contributed by atoms with E-state index >= 15 is 0 Å². The number of hydrogen-bond donors (Lipinski definition) is 1. The van der Waals surface area contributed by atoms with Gasteiger partial charge in [0.15, 0.2) is 0 Å². The van der Waals surface area contributed by atoms with E-state index in [0.29, 0.717) is 5.02 Å². The summed E-state index contributed by atoms with van der Waals surface area (Å²) >= 11 is 9.25. The molecule has 1 unspecified atom stereocenters. The van der Waals surface area contributed by atoms with Crippen LogP contribution in [0.3, 0.4) is 0 Å². The molecule has 0 amide bonds. The van der Waals surface area contributed by atoms with Gasteiger partial charge in [0, 0.05) is 22.8 Å². The monoisotopic (exact) mass is 314 g/mol. The second-order valence-electron chi connectivity index (χ2n) is 3.71. The molecule has 0 bridgehead atoms. The summed E-state index contributed by atoms with van der Waals surface area (Å²) in [5, 5.41) is 15.0. The molecule has 1 aromatic heterocycles. The highest BCUT2D eigenvalue weighted by atomic mass is 79.9. The van der Waals surface area contributed by atoms with Crippen molar-refractivity contribution in [2.75, 3.05) is 0 Å². The van der Waals surface area contributed by atoms with Gasteiger partial charge in [-0.25, -0.2) is 0 Å². The predicted molar refractivity (Wildman–Crippen MR) is 71.1 cm³/mol. The molecule has 1 aromatic carbocycles. The fourth-order valence-corrected chi connectivity index (χ4v) is 2.08. The number of halogens is 2. The van der Waals surface area contributed by atoms with Crippen LogP contribution in [0.1, 0.15) is 24.2 Å². The highest BCUT2D eigenvalue weighted by Crippen LogP contribution is 2.28. The third kappa shape index (κ3) is 2.70. The van der Waals surface area contributed by atoms with Gasteiger partial charge in [0.1, 0.15) is 6.10 Å². The molecule has 1 atom stereocenters. The molecule has 0 aliphatic heterocycles. The summed E-state index contributed by atoms with van der Waals surface area (Å²) in [6.45, 7) is 2.79. The van der Waals surface area contributed by atoms with Crippen molar-refractivity contribution in [2.45, 2.75) is 19.6 Å². The summed E-state index contributed by atoms with van der Waals surface area (Å²) in [5.41, 5.74) is 1.57. The lowest BCUT2D eigenvalue weighted by Crippen LogP contribution is -1.99. The molecule has 5 heteroatoms. The van der Waals surface area contributed by atoms with Crippen molar-refractivity contribution in [3.8, 4) is 0 Å². The van der Waals surface area contributed by atoms with Crippen molar-refractivity contribution in [3.05, 3.63) is 51.2 Å². The van der Waals surface area contributed by atoms with Gasteiger partial charge in [-0.05, 0) is 40.5 Å². The quantitative estimate of drug-likeness (QED) is 0.942. The molecule has 17 heavy (non-hydrogen) atoms. The zero-order chi connectivity index (χ0) is 12.4. The van der Waals surface area contributed by atoms with E-state index in [1.807, 2.05) is 19.2 Å². The Morgan fingerprint density at radius 3 is 2.82 bits per heavy atom. The highest BCUT2D eigenvalue weighted by Gasteiger charge is 2.13. The van der Waals surface area contributed by atoms with Gasteiger partial charge in [0.25, 0.3) is 0 Å². The lowest BCUT2D eigenvalue weighted by atomic mass is 10.1. The molecule has 0 aliphatic carbocycles. The van der Waals surface area contributed by atoms with E-state index in [9.17, 15) is 5.11 Å². The van der Waals surface area contributed by atoms with E-state index in [0.717, 1.165) is 22.1 Å². The molecule has 3 nitrogen and oxygen atoms in total. The number of aliphatic hydroxyl groups is 1. The highest BCUT2D eigenvalue weighted by molar-refractivity contribution is 9.10. The minimum absolute atomic E-state index is 0.630. The number of rotatable bonds is 3. The number of aliphatic hydroxyl groups excluding tert-OH is 1. The first-order valence-electron chi connectivity index (χ1n) is 5.27. The van der Waals surface area contributed by atoms with Gasteiger partial charge in [-0.15, -0.1) is 0 Å². The number of aryl methyl sites for hydroxylation is 1. The van der Waals surface area contributed by atoms with Crippen molar-refractivity contribution in [1.82, 2.24) is 9.78 Å². The maximum absolute atomic E-state index is 10.2. The number of hydrogen-bond acceptors (Lipinski definition) is 2. The number of nitrogens with zero attached hydrogens (tertiary/aromatic N) is 2. The maximum atomic E-state index is 10.2. The van der Waals surface area contributed by atoms with Crippen LogP contribution in [0, 0.1) is 0 Å². The molecule has 0 aliphatic rings. The lowest BCUT2D eigenvalue weighted by Gasteiger charge is -2.09. The largest absolute Gasteiger partial charge is 0.384 e. The Bertz CT molecular complexity index is 527. The van der Waals surface area contributed by atoms with Crippen LogP contribution in [0.25, 0.3) is 0 Å². The van der Waals surface area contributed by atoms with Crippen LogP contribution in [-0.4, -0.2) is 14.9 Å². The van der Waals surface area contributed by atoms with Crippen LogP contribution in [0.4, 0.5) is 0 Å². The van der Waals surface area contributed by atoms with Crippen molar-refractivity contribution < 1.29 is 5.11 Å². The van der Waals surface area contributed by atoms with Crippen LogP contribution < -0.4 is 0 Å². The Morgan fingerprint density at radius 1 is 1.47 bits per heavy atom. The molecular formula is C12H12BrClN2O. The zero-order valence-corrected chi connectivity index (χ0v) is 11.6. The third-order valence-corrected chi connectivity index (χ3v) is 3.77. The van der Waals surface area contributed by atoms with E-state index in [2.05, 4.69) is 21.0 Å². The van der Waals surface area contributed by atoms with E-state index in [4.69, 9.17) is 11.6 Å². The topological polar surface area (TPSA) is 38.0 Å². The summed E-state index contributed by atoms with van der Waals surface area (Å²) in [6.07, 6.45) is 2.84. The summed E-state index contributed by atoms with van der Waals surface area (Å²) in [4.78, 5) is 0. The van der Waals surface area contributed by atoms with Crippen molar-refractivity contribution in [3.63, 3.8) is 0 Å². The number of benzene rings is 1. The van der Waals surface area contributed by atoms with Crippen molar-refractivity contribution in [2.24, 2.45) is 0 Å². The molecule has 0 radical (unpaired) electrons. The van der Waals surface area contributed by atoms with Crippen LogP contribution in [0.5, 0.6) is 0 Å². The van der Waals surface area contributed by atoms with Crippen LogP contribution in [0.15, 0.2) is 35.1 Å². The van der Waals surface area contributed by atoms with Gasteiger partial charge < -0.3 is 5.11 Å². The average molecular weight is 316 g/mol. The lowest BCUT2D eigenvalue weighted by molar-refractivity contribution is 0.220. The van der Waals surface area contributed by atoms with Gasteiger partial charge in [-0.1, -0.05) is 17.7 Å². The average Bonchev–Trinajstić information content (AvgIpc) is 2.80. The standard InChI is InChI=1S/C12H12BrClN2O/c1-2-16-7-9(6-15-16)12(17)8-3-4-11(14)10(13)5-8/h3-7,12,17H,2H2,1H3. The molecule has 1 N–H and O–H groups in total. The summed E-state index contributed by atoms with van der Waals surface area (Å²) in [7, 11) is 0. The fourth-order valence-electron chi connectivity index (χ4n) is 1.57. The second kappa shape index (κ2) is 5.21. The van der Waals surface area contributed by atoms with Gasteiger partial charge in [-0.3, -0.25) is 4.68 Å². The summed E-state index contributed by atoms with van der Waals surface area (Å²) < 4.78 is 2.56. The van der Waals surface area contributed by atoms with Gasteiger partial charge in [-0.2, -0.15) is 5.10 Å². The molecule has 0 saturated carbocycles. The SMILES string of the molecule is CCn1cc(C(O)c2ccc(Cl)c(Br)c2)cn1. The van der Waals surface area contributed by atoms with E-state index in [1.165, 1.54) is 0 Å². The number of aromatic nitrogens is 2. The first kappa shape index (κ1) is 12.6. The molecule has 1 heterocycles. The Kier molecular flexibility index (Phi) is 3.86. The van der Waals surface area contributed by atoms with E-state index in [1.54, 1.807) is 23.0 Å². The maximum Gasteiger partial charge on any atom is 0.107 e. The molecular weight excluding hydrogens is 304 g/mol. The first-order chi connectivity index (χ1) is 8.11. The van der Waals surface area contributed by atoms with Crippen molar-refractivity contribution in [1.29, 1.82) is 0 Å². The minimum atomic E-state index is -0.677. The molecule has 90 valence electrons. The second-order valence-corrected chi connectivity index (χ2v) is 4.97. The summed E-state index contributed by atoms with van der Waals surface area (Å²) in [5.74, 6) is 0. The fraction of sp³-hybridized carbons (Fsp3) is 0.250. The van der Waals surface area contributed by atoms with Crippen LogP contribution >= 0.6 is 27.5 Å². The molecule has 0 saturated heterocycles. The van der Waals surface area contributed by atoms with E-state index < -0.39 is 6.10 Å². The Morgan fingerprint density at radius 2 is 2.24 bits per heavy atom. The Hall–Kier alpha value is -0.840. The Balaban J connectivity index is 2.29. The van der Waals surface area contributed by atoms with Crippen molar-refractivity contribution >= 4 is 27.5 Å². The molecule has 2 aromatic rings.